The summed E-state index contributed by atoms with van der Waals surface area (Å²) >= 11 is 1.99. The second kappa shape index (κ2) is 6.39. The average molecular weight is 295 g/mol. The summed E-state index contributed by atoms with van der Waals surface area (Å²) in [5.74, 6) is 1.85. The molecule has 0 radical (unpaired) electrons. The maximum absolute atomic E-state index is 9.49. The van der Waals surface area contributed by atoms with Gasteiger partial charge >= 0.3 is 7.12 Å². The molecule has 2 N–H and O–H groups in total. The molecular formula is C14H22BNO3S. The third-order valence-electron chi connectivity index (χ3n) is 3.53. The Morgan fingerprint density at radius 2 is 2.15 bits per heavy atom. The van der Waals surface area contributed by atoms with Gasteiger partial charge in [0.2, 0.25) is 0 Å². The van der Waals surface area contributed by atoms with Crippen molar-refractivity contribution >= 4 is 24.3 Å². The Kier molecular flexibility index (Phi) is 5.02. The molecule has 0 unspecified atom stereocenters. The van der Waals surface area contributed by atoms with Crippen molar-refractivity contribution in [2.45, 2.75) is 25.1 Å². The first-order valence-electron chi connectivity index (χ1n) is 6.80. The summed E-state index contributed by atoms with van der Waals surface area (Å²) in [7, 11) is 0.178. The van der Waals surface area contributed by atoms with E-state index >= 15 is 0 Å². The van der Waals surface area contributed by atoms with Crippen molar-refractivity contribution in [1.29, 1.82) is 0 Å². The molecule has 0 aromatic heterocycles. The van der Waals surface area contributed by atoms with E-state index in [2.05, 4.69) is 18.7 Å². The monoisotopic (exact) mass is 295 g/mol. The van der Waals surface area contributed by atoms with Crippen molar-refractivity contribution in [2.24, 2.45) is 0 Å². The second-order valence-corrected chi connectivity index (χ2v) is 7.56. The fourth-order valence-electron chi connectivity index (χ4n) is 2.59. The molecule has 0 aliphatic carbocycles. The zero-order valence-corrected chi connectivity index (χ0v) is 13.1. The summed E-state index contributed by atoms with van der Waals surface area (Å²) in [6.45, 7) is 7.23. The number of ether oxygens (including phenoxy) is 1. The molecule has 110 valence electrons. The Morgan fingerprint density at radius 1 is 1.40 bits per heavy atom. The lowest BCUT2D eigenvalue weighted by Crippen LogP contribution is -2.44. The maximum Gasteiger partial charge on any atom is 0.488 e. The van der Waals surface area contributed by atoms with Gasteiger partial charge in [-0.15, -0.1) is 0 Å². The van der Waals surface area contributed by atoms with Crippen LogP contribution in [0.4, 0.5) is 0 Å². The van der Waals surface area contributed by atoms with E-state index in [-0.39, 0.29) is 4.75 Å². The van der Waals surface area contributed by atoms with E-state index < -0.39 is 7.12 Å². The number of benzene rings is 1. The second-order valence-electron chi connectivity index (χ2n) is 5.76. The van der Waals surface area contributed by atoms with Crippen LogP contribution in [0.1, 0.15) is 19.4 Å². The van der Waals surface area contributed by atoms with Gasteiger partial charge in [0.25, 0.3) is 0 Å². The number of methoxy groups -OCH3 is 1. The smallest absolute Gasteiger partial charge is 0.488 e. The first-order valence-corrected chi connectivity index (χ1v) is 7.79. The predicted octanol–water partition coefficient (Wildman–Crippen LogP) is 0.702. The van der Waals surface area contributed by atoms with Crippen molar-refractivity contribution in [3.8, 4) is 5.75 Å². The van der Waals surface area contributed by atoms with Crippen molar-refractivity contribution in [3.05, 3.63) is 23.8 Å². The number of nitrogens with zero attached hydrogens (tertiary/aromatic N) is 1. The van der Waals surface area contributed by atoms with Crippen LogP contribution in [0.2, 0.25) is 0 Å². The van der Waals surface area contributed by atoms with E-state index in [1.54, 1.807) is 19.2 Å². The number of thioether (sulfide) groups is 1. The molecule has 0 amide bonds. The fourth-order valence-corrected chi connectivity index (χ4v) is 3.76. The molecule has 1 aromatic carbocycles. The molecule has 6 heteroatoms. The highest BCUT2D eigenvalue weighted by Crippen LogP contribution is 2.30. The molecule has 0 spiro atoms. The van der Waals surface area contributed by atoms with Crippen molar-refractivity contribution in [2.75, 3.05) is 26.0 Å². The number of hydrogen-bond donors (Lipinski definition) is 2. The summed E-state index contributed by atoms with van der Waals surface area (Å²) < 4.78 is 5.48. The maximum atomic E-state index is 9.49. The first kappa shape index (κ1) is 15.7. The van der Waals surface area contributed by atoms with Crippen LogP contribution in [0.25, 0.3) is 0 Å². The fraction of sp³-hybridized carbons (Fsp3) is 0.571. The Bertz CT molecular complexity index is 468. The normalized spacial score (nSPS) is 18.9. The molecule has 1 aliphatic heterocycles. The highest BCUT2D eigenvalue weighted by atomic mass is 32.2. The van der Waals surface area contributed by atoms with Crippen molar-refractivity contribution in [1.82, 2.24) is 4.90 Å². The Morgan fingerprint density at radius 3 is 2.75 bits per heavy atom. The lowest BCUT2D eigenvalue weighted by atomic mass is 9.77. The molecule has 0 bridgehead atoms. The van der Waals surface area contributed by atoms with E-state index in [0.717, 1.165) is 30.2 Å². The van der Waals surface area contributed by atoms with E-state index in [9.17, 15) is 10.0 Å². The largest absolute Gasteiger partial charge is 0.497 e. The van der Waals surface area contributed by atoms with Gasteiger partial charge in [0, 0.05) is 30.1 Å². The summed E-state index contributed by atoms with van der Waals surface area (Å²) in [6, 6.07) is 5.38. The van der Waals surface area contributed by atoms with Gasteiger partial charge in [-0.3, -0.25) is 4.90 Å². The van der Waals surface area contributed by atoms with E-state index in [4.69, 9.17) is 4.74 Å². The molecule has 20 heavy (non-hydrogen) atoms. The lowest BCUT2D eigenvalue weighted by molar-refractivity contribution is 0.252. The van der Waals surface area contributed by atoms with Crippen LogP contribution in [0.3, 0.4) is 0 Å². The topological polar surface area (TPSA) is 52.9 Å². The minimum absolute atomic E-state index is 0.245. The molecule has 1 saturated heterocycles. The van der Waals surface area contributed by atoms with Crippen LogP contribution >= 0.6 is 11.8 Å². The minimum Gasteiger partial charge on any atom is -0.497 e. The van der Waals surface area contributed by atoms with Crippen LogP contribution in [-0.4, -0.2) is 52.8 Å². The molecule has 1 aliphatic rings. The molecule has 1 heterocycles. The molecule has 1 fully saturated rings. The van der Waals surface area contributed by atoms with Gasteiger partial charge in [0.1, 0.15) is 5.75 Å². The molecular weight excluding hydrogens is 273 g/mol. The number of hydrogen-bond acceptors (Lipinski definition) is 5. The molecule has 2 rings (SSSR count). The summed E-state index contributed by atoms with van der Waals surface area (Å²) in [5, 5.41) is 19.0. The van der Waals surface area contributed by atoms with Gasteiger partial charge < -0.3 is 14.8 Å². The Labute approximate surface area is 125 Å². The van der Waals surface area contributed by atoms with Crippen LogP contribution in [0.5, 0.6) is 5.75 Å². The molecule has 4 nitrogen and oxygen atoms in total. The van der Waals surface area contributed by atoms with E-state index in [1.165, 1.54) is 0 Å². The summed E-state index contributed by atoms with van der Waals surface area (Å²) in [4.78, 5) is 2.36. The van der Waals surface area contributed by atoms with Crippen LogP contribution in [-0.2, 0) is 6.54 Å². The number of rotatable bonds is 4. The SMILES string of the molecule is COc1ccc(B(O)O)c(CN2CCSC(C)(C)C2)c1. The van der Waals surface area contributed by atoms with Gasteiger partial charge in [-0.05, 0) is 37.0 Å². The summed E-state index contributed by atoms with van der Waals surface area (Å²) in [5.41, 5.74) is 1.48. The van der Waals surface area contributed by atoms with Gasteiger partial charge in [-0.2, -0.15) is 11.8 Å². The van der Waals surface area contributed by atoms with E-state index in [1.807, 2.05) is 17.8 Å². The van der Waals surface area contributed by atoms with Crippen molar-refractivity contribution in [3.63, 3.8) is 0 Å². The van der Waals surface area contributed by atoms with Crippen LogP contribution in [0.15, 0.2) is 18.2 Å². The quantitative estimate of drug-likeness (QED) is 0.801. The molecule has 0 atom stereocenters. The van der Waals surface area contributed by atoms with Crippen LogP contribution in [0, 0.1) is 0 Å². The third kappa shape index (κ3) is 3.91. The predicted molar refractivity (Wildman–Crippen MR) is 84.6 cm³/mol. The average Bonchev–Trinajstić information content (AvgIpc) is 2.37. The lowest BCUT2D eigenvalue weighted by Gasteiger charge is -2.37. The Hall–Kier alpha value is -0.685. The standard InChI is InChI=1S/C14H22BNO3S/c1-14(2)10-16(6-7-20-14)9-11-8-12(19-3)4-5-13(11)15(17)18/h4-5,8,17-18H,6-7,9-10H2,1-3H3. The zero-order chi connectivity index (χ0) is 14.8. The molecule has 1 aromatic rings. The van der Waals surface area contributed by atoms with Crippen LogP contribution < -0.4 is 10.2 Å². The summed E-state index contributed by atoms with van der Waals surface area (Å²) in [6.07, 6.45) is 0. The van der Waals surface area contributed by atoms with E-state index in [0.29, 0.717) is 12.0 Å². The minimum atomic E-state index is -1.44. The Balaban J connectivity index is 2.18. The van der Waals surface area contributed by atoms with Gasteiger partial charge in [-0.1, -0.05) is 6.07 Å². The van der Waals surface area contributed by atoms with Gasteiger partial charge in [-0.25, -0.2) is 0 Å². The highest BCUT2D eigenvalue weighted by molar-refractivity contribution is 8.00. The zero-order valence-electron chi connectivity index (χ0n) is 12.3. The van der Waals surface area contributed by atoms with Crippen molar-refractivity contribution < 1.29 is 14.8 Å². The first-order chi connectivity index (χ1) is 9.41. The third-order valence-corrected chi connectivity index (χ3v) is 4.82. The highest BCUT2D eigenvalue weighted by Gasteiger charge is 2.28. The molecule has 0 saturated carbocycles. The van der Waals surface area contributed by atoms with Gasteiger partial charge in [0.15, 0.2) is 0 Å². The van der Waals surface area contributed by atoms with Gasteiger partial charge in [0.05, 0.1) is 7.11 Å².